The number of carbonyl (C=O) groups is 2. The van der Waals surface area contributed by atoms with Crippen LogP contribution >= 0.6 is 0 Å². The Morgan fingerprint density at radius 2 is 1.80 bits per heavy atom. The molecule has 0 radical (unpaired) electrons. The van der Waals surface area contributed by atoms with E-state index in [9.17, 15) is 9.59 Å². The fourth-order valence-corrected chi connectivity index (χ4v) is 2.39. The molecule has 6 nitrogen and oxygen atoms in total. The van der Waals surface area contributed by atoms with E-state index in [1.54, 1.807) is 12.1 Å². The lowest BCUT2D eigenvalue weighted by atomic mass is 10.1. The van der Waals surface area contributed by atoms with Gasteiger partial charge in [0.25, 0.3) is 5.91 Å². The first kappa shape index (κ1) is 18.5. The van der Waals surface area contributed by atoms with Crippen molar-refractivity contribution in [1.82, 2.24) is 5.32 Å². The van der Waals surface area contributed by atoms with Gasteiger partial charge in [-0.05, 0) is 37.1 Å². The van der Waals surface area contributed by atoms with Crippen molar-refractivity contribution in [2.75, 3.05) is 24.3 Å². The van der Waals surface area contributed by atoms with Crippen molar-refractivity contribution in [3.63, 3.8) is 0 Å². The summed E-state index contributed by atoms with van der Waals surface area (Å²) in [5.41, 5.74) is 2.88. The van der Waals surface area contributed by atoms with E-state index in [1.165, 1.54) is 7.11 Å². The molecule has 3 amide bonds. The second-order valence-corrected chi connectivity index (χ2v) is 5.53. The highest BCUT2D eigenvalue weighted by Gasteiger charge is 2.20. The molecule has 2 aromatic carbocycles. The van der Waals surface area contributed by atoms with Crippen molar-refractivity contribution in [1.29, 1.82) is 0 Å². The van der Waals surface area contributed by atoms with Crippen molar-refractivity contribution in [2.24, 2.45) is 0 Å². The summed E-state index contributed by atoms with van der Waals surface area (Å²) in [7, 11) is 1.50. The van der Waals surface area contributed by atoms with Crippen molar-refractivity contribution in [3.05, 3.63) is 59.7 Å². The number of urea groups is 1. The molecular formula is C19H23N3O3. The molecule has 0 aliphatic carbocycles. The Morgan fingerprint density at radius 3 is 2.44 bits per heavy atom. The third-order valence-electron chi connectivity index (χ3n) is 3.67. The molecule has 0 aromatic heterocycles. The minimum atomic E-state index is -0.708. The van der Waals surface area contributed by atoms with Crippen LogP contribution in [0.1, 0.15) is 24.2 Å². The molecule has 0 spiro atoms. The van der Waals surface area contributed by atoms with Crippen LogP contribution < -0.4 is 16.0 Å². The van der Waals surface area contributed by atoms with Gasteiger partial charge in [-0.15, -0.1) is 0 Å². The molecule has 1 atom stereocenters. The molecule has 0 aliphatic heterocycles. The molecule has 0 saturated heterocycles. The maximum absolute atomic E-state index is 12.6. The summed E-state index contributed by atoms with van der Waals surface area (Å²) in [5.74, 6) is -0.271. The number of rotatable bonds is 6. The number of hydrogen-bond donors (Lipinski definition) is 3. The summed E-state index contributed by atoms with van der Waals surface area (Å²) in [6.07, 6.45) is -0.708. The third-order valence-corrected chi connectivity index (χ3v) is 3.67. The topological polar surface area (TPSA) is 79.5 Å². The molecule has 2 rings (SSSR count). The van der Waals surface area contributed by atoms with Crippen LogP contribution in [0.5, 0.6) is 0 Å². The second kappa shape index (κ2) is 8.84. The molecule has 0 heterocycles. The summed E-state index contributed by atoms with van der Waals surface area (Å²) < 4.78 is 5.35. The quantitative estimate of drug-likeness (QED) is 0.753. The molecule has 0 unspecified atom stereocenters. The average molecular weight is 341 g/mol. The van der Waals surface area contributed by atoms with Gasteiger partial charge in [0.1, 0.15) is 0 Å². The molecule has 0 aliphatic rings. The SMILES string of the molecule is CCNC(=O)Nc1ccc(C)c(NC(=O)[C@H](OC)c2ccccc2)c1. The van der Waals surface area contributed by atoms with Crippen LogP contribution in [0.3, 0.4) is 0 Å². The van der Waals surface area contributed by atoms with Crippen LogP contribution in [0.2, 0.25) is 0 Å². The van der Waals surface area contributed by atoms with Crippen molar-refractivity contribution < 1.29 is 14.3 Å². The molecule has 25 heavy (non-hydrogen) atoms. The van der Waals surface area contributed by atoms with Crippen molar-refractivity contribution in [2.45, 2.75) is 20.0 Å². The first-order chi connectivity index (χ1) is 12.0. The number of aryl methyl sites for hydroxylation is 1. The van der Waals surface area contributed by atoms with Crippen LogP contribution in [0.4, 0.5) is 16.2 Å². The summed E-state index contributed by atoms with van der Waals surface area (Å²) in [6, 6.07) is 14.3. The van der Waals surface area contributed by atoms with E-state index in [-0.39, 0.29) is 11.9 Å². The van der Waals surface area contributed by atoms with E-state index >= 15 is 0 Å². The Bertz CT molecular complexity index is 732. The van der Waals surface area contributed by atoms with Crippen molar-refractivity contribution in [3.8, 4) is 0 Å². The smallest absolute Gasteiger partial charge is 0.319 e. The number of benzene rings is 2. The van der Waals surface area contributed by atoms with E-state index in [0.717, 1.165) is 11.1 Å². The first-order valence-corrected chi connectivity index (χ1v) is 8.09. The van der Waals surface area contributed by atoms with Gasteiger partial charge in [-0.25, -0.2) is 4.79 Å². The highest BCUT2D eigenvalue weighted by atomic mass is 16.5. The molecular weight excluding hydrogens is 318 g/mol. The maximum atomic E-state index is 12.6. The largest absolute Gasteiger partial charge is 0.367 e. The van der Waals surface area contributed by atoms with Gasteiger partial charge in [-0.2, -0.15) is 0 Å². The number of ether oxygens (including phenoxy) is 1. The average Bonchev–Trinajstić information content (AvgIpc) is 2.59. The lowest BCUT2D eigenvalue weighted by Crippen LogP contribution is -2.28. The minimum Gasteiger partial charge on any atom is -0.367 e. The van der Waals surface area contributed by atoms with E-state index in [0.29, 0.717) is 17.9 Å². The van der Waals surface area contributed by atoms with Crippen LogP contribution in [-0.4, -0.2) is 25.6 Å². The van der Waals surface area contributed by atoms with Crippen molar-refractivity contribution >= 4 is 23.3 Å². The fraction of sp³-hybridized carbons (Fsp3) is 0.263. The molecule has 6 heteroatoms. The summed E-state index contributed by atoms with van der Waals surface area (Å²) in [6.45, 7) is 4.26. The molecule has 132 valence electrons. The summed E-state index contributed by atoms with van der Waals surface area (Å²) >= 11 is 0. The van der Waals surface area contributed by atoms with Crippen LogP contribution in [0, 0.1) is 6.92 Å². The number of amides is 3. The predicted molar refractivity (Wildman–Crippen MR) is 98.7 cm³/mol. The Labute approximate surface area is 147 Å². The number of hydrogen-bond acceptors (Lipinski definition) is 3. The highest BCUT2D eigenvalue weighted by Crippen LogP contribution is 2.23. The molecule has 0 saturated carbocycles. The third kappa shape index (κ3) is 5.06. The van der Waals surface area contributed by atoms with Crippen LogP contribution in [-0.2, 0) is 9.53 Å². The molecule has 2 aromatic rings. The van der Waals surface area contributed by atoms with Gasteiger partial charge in [0.15, 0.2) is 6.10 Å². The van der Waals surface area contributed by atoms with Gasteiger partial charge < -0.3 is 20.7 Å². The highest BCUT2D eigenvalue weighted by molar-refractivity contribution is 5.97. The monoisotopic (exact) mass is 341 g/mol. The number of anilines is 2. The Balaban J connectivity index is 2.15. The Kier molecular flexibility index (Phi) is 6.54. The van der Waals surface area contributed by atoms with E-state index in [1.807, 2.05) is 50.2 Å². The minimum absolute atomic E-state index is 0.271. The van der Waals surface area contributed by atoms with Gasteiger partial charge in [0, 0.05) is 25.0 Å². The Hall–Kier alpha value is -2.86. The zero-order chi connectivity index (χ0) is 18.2. The first-order valence-electron chi connectivity index (χ1n) is 8.09. The summed E-state index contributed by atoms with van der Waals surface area (Å²) in [4.78, 5) is 24.2. The zero-order valence-corrected chi connectivity index (χ0v) is 14.6. The van der Waals surface area contributed by atoms with E-state index in [2.05, 4.69) is 16.0 Å². The van der Waals surface area contributed by atoms with E-state index < -0.39 is 6.10 Å². The van der Waals surface area contributed by atoms with E-state index in [4.69, 9.17) is 4.74 Å². The normalized spacial score (nSPS) is 11.5. The molecule has 0 fully saturated rings. The lowest BCUT2D eigenvalue weighted by Gasteiger charge is -2.17. The number of nitrogens with one attached hydrogen (secondary N) is 3. The standard InChI is InChI=1S/C19H23N3O3/c1-4-20-19(24)21-15-11-10-13(2)16(12-15)22-18(23)17(25-3)14-8-6-5-7-9-14/h5-12,17H,4H2,1-3H3,(H,22,23)(H2,20,21,24)/t17-/m1/s1. The summed E-state index contributed by atoms with van der Waals surface area (Å²) in [5, 5.41) is 8.26. The molecule has 3 N–H and O–H groups in total. The van der Waals surface area contributed by atoms with Crippen LogP contribution in [0.25, 0.3) is 0 Å². The Morgan fingerprint density at radius 1 is 1.08 bits per heavy atom. The molecule has 0 bridgehead atoms. The van der Waals surface area contributed by atoms with Gasteiger partial charge in [0.2, 0.25) is 0 Å². The zero-order valence-electron chi connectivity index (χ0n) is 14.6. The van der Waals surface area contributed by atoms with Gasteiger partial charge in [-0.3, -0.25) is 4.79 Å². The fourth-order valence-electron chi connectivity index (χ4n) is 2.39. The second-order valence-electron chi connectivity index (χ2n) is 5.53. The maximum Gasteiger partial charge on any atom is 0.319 e. The predicted octanol–water partition coefficient (Wildman–Crippen LogP) is 3.46. The van der Waals surface area contributed by atoms with Crippen LogP contribution in [0.15, 0.2) is 48.5 Å². The van der Waals surface area contributed by atoms with Gasteiger partial charge in [0.05, 0.1) is 0 Å². The number of methoxy groups -OCH3 is 1. The lowest BCUT2D eigenvalue weighted by molar-refractivity contribution is -0.126. The van der Waals surface area contributed by atoms with Gasteiger partial charge >= 0.3 is 6.03 Å². The number of carbonyl (C=O) groups excluding carboxylic acids is 2. The van der Waals surface area contributed by atoms with Gasteiger partial charge in [-0.1, -0.05) is 36.4 Å².